The molecule has 0 saturated heterocycles. The van der Waals surface area contributed by atoms with Gasteiger partial charge < -0.3 is 9.05 Å². The number of sulfonamides is 1. The second-order valence-corrected chi connectivity index (χ2v) is 12.2. The first kappa shape index (κ1) is 25.7. The van der Waals surface area contributed by atoms with Crippen molar-refractivity contribution in [2.24, 2.45) is 0 Å². The molecule has 38 heavy (non-hydrogen) atoms. The lowest BCUT2D eigenvalue weighted by Gasteiger charge is -2.28. The highest BCUT2D eigenvalue weighted by molar-refractivity contribution is 7.89. The summed E-state index contributed by atoms with van der Waals surface area (Å²) in [7, 11) is -8.56. The van der Waals surface area contributed by atoms with Crippen LogP contribution in [-0.4, -0.2) is 13.4 Å². The molecule has 1 N–H and O–H groups in total. The van der Waals surface area contributed by atoms with Crippen LogP contribution in [0.3, 0.4) is 0 Å². The minimum absolute atomic E-state index is 0.200. The van der Waals surface area contributed by atoms with E-state index in [0.29, 0.717) is 11.3 Å². The Morgan fingerprint density at radius 2 is 1.29 bits per heavy atom. The van der Waals surface area contributed by atoms with Gasteiger partial charge in [0.05, 0.1) is 0 Å². The topological polar surface area (TPSA) is 94.6 Å². The summed E-state index contributed by atoms with van der Waals surface area (Å²) in [6.07, 6.45) is 0. The van der Waals surface area contributed by atoms with Gasteiger partial charge in [0.25, 0.3) is 10.0 Å². The molecule has 0 aliphatic rings. The van der Waals surface area contributed by atoms with Crippen LogP contribution in [-0.2, 0) is 14.6 Å². The second kappa shape index (κ2) is 10.8. The zero-order valence-corrected chi connectivity index (χ0v) is 22.2. The Hall–Kier alpha value is -3.97. The van der Waals surface area contributed by atoms with Crippen LogP contribution in [0.2, 0.25) is 0 Å². The molecule has 0 saturated carbocycles. The van der Waals surface area contributed by atoms with Gasteiger partial charge in [-0.2, -0.15) is 4.72 Å². The minimum atomic E-state index is -4.32. The maximum atomic E-state index is 14.8. The molecule has 1 atom stereocenters. The maximum Gasteiger partial charge on any atom is 0.453 e. The van der Waals surface area contributed by atoms with Crippen molar-refractivity contribution in [2.45, 2.75) is 17.7 Å². The number of benzene rings is 4. The van der Waals surface area contributed by atoms with Crippen molar-refractivity contribution in [1.82, 2.24) is 9.71 Å². The van der Waals surface area contributed by atoms with Gasteiger partial charge in [-0.25, -0.2) is 18.0 Å². The van der Waals surface area contributed by atoms with Gasteiger partial charge in [0.15, 0.2) is 10.8 Å². The minimum Gasteiger partial charge on any atom is -0.415 e. The van der Waals surface area contributed by atoms with Gasteiger partial charge in [0.2, 0.25) is 0 Å². The Balaban J connectivity index is 1.67. The Bertz CT molecular complexity index is 1670. The van der Waals surface area contributed by atoms with Crippen LogP contribution in [0, 0.1) is 6.92 Å². The first-order chi connectivity index (χ1) is 18.3. The van der Waals surface area contributed by atoms with E-state index in [2.05, 4.69) is 9.71 Å². The zero-order valence-electron chi connectivity index (χ0n) is 20.5. The van der Waals surface area contributed by atoms with Gasteiger partial charge in [-0.3, -0.25) is 0 Å². The van der Waals surface area contributed by atoms with Gasteiger partial charge in [-0.15, -0.1) is 0 Å². The van der Waals surface area contributed by atoms with Gasteiger partial charge in [-0.1, -0.05) is 78.9 Å². The molecule has 1 heterocycles. The maximum absolute atomic E-state index is 14.8. The highest BCUT2D eigenvalue weighted by atomic mass is 32.2. The number of aryl methyl sites for hydroxylation is 1. The van der Waals surface area contributed by atoms with E-state index in [1.54, 1.807) is 91.9 Å². The Kier molecular flexibility index (Phi) is 7.29. The van der Waals surface area contributed by atoms with Crippen LogP contribution in [0.25, 0.3) is 10.8 Å². The normalized spacial score (nSPS) is 12.7. The molecular weight excluding hydrogens is 519 g/mol. The van der Waals surface area contributed by atoms with Crippen LogP contribution >= 0.6 is 7.60 Å². The largest absolute Gasteiger partial charge is 0.453 e. The molecule has 192 valence electrons. The average molecular weight is 545 g/mol. The first-order valence-electron chi connectivity index (χ1n) is 11.9. The van der Waals surface area contributed by atoms with E-state index in [0.717, 1.165) is 10.8 Å². The fourth-order valence-corrected chi connectivity index (χ4v) is 7.56. The third kappa shape index (κ3) is 5.78. The number of aromatic nitrogens is 1. The highest BCUT2D eigenvalue weighted by Crippen LogP contribution is 2.59. The average Bonchev–Trinajstić information content (AvgIpc) is 2.92. The number of pyridine rings is 1. The summed E-state index contributed by atoms with van der Waals surface area (Å²) in [4.78, 5) is 4.17. The van der Waals surface area contributed by atoms with Crippen molar-refractivity contribution in [3.05, 3.63) is 133 Å². The van der Waals surface area contributed by atoms with Crippen LogP contribution in [0.4, 0.5) is 0 Å². The van der Waals surface area contributed by atoms with Crippen molar-refractivity contribution in [2.75, 3.05) is 0 Å². The van der Waals surface area contributed by atoms with Gasteiger partial charge in [0.1, 0.15) is 11.5 Å². The smallest absolute Gasteiger partial charge is 0.415 e. The molecule has 7 nitrogen and oxygen atoms in total. The number of nitrogens with one attached hydrogen (secondary N) is 1. The summed E-state index contributed by atoms with van der Waals surface area (Å²) < 4.78 is 56.6. The highest BCUT2D eigenvalue weighted by Gasteiger charge is 2.44. The molecule has 5 aromatic rings. The third-order valence-electron chi connectivity index (χ3n) is 5.76. The fourth-order valence-electron chi connectivity index (χ4n) is 3.95. The SMILES string of the molecule is Cc1cccc(S(=O)(=O)N[C@H](c2ccc3ccccc3c2)P(=O)(Oc2ccccc2)Oc2ccccc2)n1. The monoisotopic (exact) mass is 544 g/mol. The lowest BCUT2D eigenvalue weighted by atomic mass is 10.1. The number of hydrogen-bond acceptors (Lipinski definition) is 6. The van der Waals surface area contributed by atoms with Gasteiger partial charge in [0, 0.05) is 5.69 Å². The molecule has 0 radical (unpaired) electrons. The van der Waals surface area contributed by atoms with Crippen LogP contribution in [0.1, 0.15) is 17.0 Å². The number of nitrogens with zero attached hydrogens (tertiary/aromatic N) is 1. The number of hydrogen-bond donors (Lipinski definition) is 1. The van der Waals surface area contributed by atoms with E-state index in [1.165, 1.54) is 6.07 Å². The van der Waals surface area contributed by atoms with Crippen LogP contribution in [0.15, 0.2) is 126 Å². The van der Waals surface area contributed by atoms with E-state index < -0.39 is 23.4 Å². The number of fused-ring (bicyclic) bond motifs is 1. The van der Waals surface area contributed by atoms with Crippen molar-refractivity contribution in [3.8, 4) is 11.5 Å². The van der Waals surface area contributed by atoms with Crippen molar-refractivity contribution >= 4 is 28.4 Å². The van der Waals surface area contributed by atoms with E-state index in [-0.39, 0.29) is 16.5 Å². The Morgan fingerprint density at radius 1 is 0.711 bits per heavy atom. The molecular formula is C29H25N2O5PS. The third-order valence-corrected chi connectivity index (χ3v) is 9.25. The van der Waals surface area contributed by atoms with Crippen molar-refractivity contribution < 1.29 is 22.0 Å². The molecule has 0 aliphatic carbocycles. The van der Waals surface area contributed by atoms with Crippen LogP contribution in [0.5, 0.6) is 11.5 Å². The molecule has 0 unspecified atom stereocenters. The predicted molar refractivity (Wildman–Crippen MR) is 148 cm³/mol. The Morgan fingerprint density at radius 3 is 1.89 bits per heavy atom. The standard InChI is InChI=1S/C29H25N2O5PS/c1-22-11-10-18-28(30-22)38(33,34)31-29(25-20-19-23-12-8-9-13-24(23)21-25)37(32,35-26-14-4-2-5-15-26)36-27-16-6-3-7-17-27/h2-21,29,31H,1H3/t29-/m0/s1. The summed E-state index contributed by atoms with van der Waals surface area (Å²) in [6.45, 7) is 1.70. The van der Waals surface area contributed by atoms with Crippen molar-refractivity contribution in [1.29, 1.82) is 0 Å². The van der Waals surface area contributed by atoms with E-state index in [4.69, 9.17) is 9.05 Å². The number of rotatable bonds is 9. The molecule has 0 bridgehead atoms. The summed E-state index contributed by atoms with van der Waals surface area (Å²) in [5.74, 6) is -0.865. The molecule has 5 rings (SSSR count). The molecule has 0 aliphatic heterocycles. The molecule has 4 aromatic carbocycles. The lowest BCUT2D eigenvalue weighted by molar-refractivity contribution is 0.368. The number of para-hydroxylation sites is 2. The van der Waals surface area contributed by atoms with E-state index in [9.17, 15) is 13.0 Å². The summed E-state index contributed by atoms with van der Waals surface area (Å²) in [5, 5.41) is 1.59. The van der Waals surface area contributed by atoms with E-state index in [1.807, 2.05) is 30.3 Å². The second-order valence-electron chi connectivity index (χ2n) is 8.60. The lowest BCUT2D eigenvalue weighted by Crippen LogP contribution is -2.31. The van der Waals surface area contributed by atoms with Gasteiger partial charge >= 0.3 is 7.60 Å². The molecule has 0 amide bonds. The van der Waals surface area contributed by atoms with Crippen molar-refractivity contribution in [3.63, 3.8) is 0 Å². The zero-order chi connectivity index (χ0) is 26.6. The van der Waals surface area contributed by atoms with Gasteiger partial charge in [-0.05, 0) is 65.7 Å². The fraction of sp³-hybridized carbons (Fsp3) is 0.0690. The molecule has 0 fully saturated rings. The first-order valence-corrected chi connectivity index (χ1v) is 15.0. The predicted octanol–water partition coefficient (Wildman–Crippen LogP) is 6.87. The molecule has 9 heteroatoms. The quantitative estimate of drug-likeness (QED) is 0.204. The summed E-state index contributed by atoms with van der Waals surface area (Å²) in [6, 6.07) is 34.7. The van der Waals surface area contributed by atoms with Crippen LogP contribution < -0.4 is 13.8 Å². The summed E-state index contributed by atoms with van der Waals surface area (Å²) >= 11 is 0. The summed E-state index contributed by atoms with van der Waals surface area (Å²) in [5.41, 5.74) is 0.939. The molecule has 1 aromatic heterocycles. The molecule has 0 spiro atoms. The Labute approximate surface area is 221 Å². The van der Waals surface area contributed by atoms with E-state index >= 15 is 0 Å².